The highest BCUT2D eigenvalue weighted by atomic mass is 19.1. The lowest BCUT2D eigenvalue weighted by molar-refractivity contribution is 0.102. The Morgan fingerprint density at radius 1 is 1.08 bits per heavy atom. The number of rotatable bonds is 4. The molecule has 0 bridgehead atoms. The van der Waals surface area contributed by atoms with Gasteiger partial charge in [-0.2, -0.15) is 0 Å². The van der Waals surface area contributed by atoms with Gasteiger partial charge in [0, 0.05) is 30.0 Å². The fourth-order valence-corrected chi connectivity index (χ4v) is 2.92. The van der Waals surface area contributed by atoms with Crippen LogP contribution in [0, 0.1) is 5.82 Å². The van der Waals surface area contributed by atoms with E-state index in [4.69, 9.17) is 4.74 Å². The van der Waals surface area contributed by atoms with Crippen molar-refractivity contribution in [2.75, 3.05) is 30.4 Å². The number of piperidine rings is 1. The largest absolute Gasteiger partial charge is 0.494 e. The number of nitrogens with one attached hydrogen (secondary N) is 1. The third kappa shape index (κ3) is 3.67. The van der Waals surface area contributed by atoms with Crippen LogP contribution in [0.4, 0.5) is 15.8 Å². The van der Waals surface area contributed by atoms with E-state index < -0.39 is 5.82 Å². The number of hydrogen-bond donors (Lipinski definition) is 1. The van der Waals surface area contributed by atoms with E-state index in [1.54, 1.807) is 6.07 Å². The van der Waals surface area contributed by atoms with Crippen molar-refractivity contribution < 1.29 is 13.9 Å². The molecule has 1 amide bonds. The van der Waals surface area contributed by atoms with Gasteiger partial charge in [-0.25, -0.2) is 4.39 Å². The van der Waals surface area contributed by atoms with Crippen LogP contribution in [-0.2, 0) is 0 Å². The Morgan fingerprint density at radius 2 is 1.79 bits per heavy atom. The molecule has 1 saturated heterocycles. The van der Waals surface area contributed by atoms with Crippen molar-refractivity contribution in [2.24, 2.45) is 0 Å². The first-order valence-corrected chi connectivity index (χ1v) is 8.17. The minimum absolute atomic E-state index is 0.123. The van der Waals surface area contributed by atoms with Crippen molar-refractivity contribution in [1.29, 1.82) is 0 Å². The highest BCUT2D eigenvalue weighted by Crippen LogP contribution is 2.23. The fraction of sp³-hybridized carbons (Fsp3) is 0.316. The molecule has 24 heavy (non-hydrogen) atoms. The van der Waals surface area contributed by atoms with Crippen LogP contribution in [0.25, 0.3) is 0 Å². The second-order valence-corrected chi connectivity index (χ2v) is 5.90. The number of carbonyl (C=O) groups excluding carboxylic acids is 1. The van der Waals surface area contributed by atoms with Crippen LogP contribution in [0.3, 0.4) is 0 Å². The first-order valence-electron chi connectivity index (χ1n) is 8.17. The molecule has 1 fully saturated rings. The second-order valence-electron chi connectivity index (χ2n) is 5.90. The van der Waals surface area contributed by atoms with E-state index in [-0.39, 0.29) is 17.2 Å². The Labute approximate surface area is 141 Å². The van der Waals surface area contributed by atoms with Crippen LogP contribution in [-0.4, -0.2) is 26.1 Å². The normalized spacial score (nSPS) is 14.3. The minimum Gasteiger partial charge on any atom is -0.494 e. The number of amides is 1. The second kappa shape index (κ2) is 7.34. The summed E-state index contributed by atoms with van der Waals surface area (Å²) in [5, 5.41) is 2.79. The zero-order chi connectivity index (χ0) is 16.9. The maximum atomic E-state index is 13.7. The maximum absolute atomic E-state index is 13.7. The summed E-state index contributed by atoms with van der Waals surface area (Å²) >= 11 is 0. The average Bonchev–Trinajstić information content (AvgIpc) is 2.63. The van der Waals surface area contributed by atoms with Gasteiger partial charge in [-0.15, -0.1) is 0 Å². The fourth-order valence-electron chi connectivity index (χ4n) is 2.92. The van der Waals surface area contributed by atoms with Gasteiger partial charge >= 0.3 is 0 Å². The van der Waals surface area contributed by atoms with Gasteiger partial charge in [0.1, 0.15) is 0 Å². The third-order valence-electron chi connectivity index (χ3n) is 4.26. The molecule has 2 aromatic carbocycles. The lowest BCUT2D eigenvalue weighted by atomic mass is 10.1. The molecular formula is C19H21FN2O2. The van der Waals surface area contributed by atoms with Crippen LogP contribution < -0.4 is 15.0 Å². The molecular weight excluding hydrogens is 307 g/mol. The number of benzene rings is 2. The van der Waals surface area contributed by atoms with E-state index in [2.05, 4.69) is 10.2 Å². The van der Waals surface area contributed by atoms with Crippen LogP contribution in [0.15, 0.2) is 42.5 Å². The smallest absolute Gasteiger partial charge is 0.255 e. The summed E-state index contributed by atoms with van der Waals surface area (Å²) in [6, 6.07) is 11.9. The van der Waals surface area contributed by atoms with Crippen molar-refractivity contribution in [3.63, 3.8) is 0 Å². The molecule has 126 valence electrons. The van der Waals surface area contributed by atoms with Gasteiger partial charge in [-0.1, -0.05) is 0 Å². The van der Waals surface area contributed by atoms with Gasteiger partial charge in [-0.05, 0) is 61.7 Å². The van der Waals surface area contributed by atoms with Crippen LogP contribution in [0.1, 0.15) is 29.6 Å². The van der Waals surface area contributed by atoms with Crippen LogP contribution in [0.2, 0.25) is 0 Å². The first-order chi connectivity index (χ1) is 11.7. The summed E-state index contributed by atoms with van der Waals surface area (Å²) in [7, 11) is 1.39. The summed E-state index contributed by atoms with van der Waals surface area (Å²) in [5.74, 6) is -0.773. The molecule has 0 atom stereocenters. The molecule has 1 aliphatic heterocycles. The van der Waals surface area contributed by atoms with Gasteiger partial charge in [0.15, 0.2) is 11.6 Å². The Hall–Kier alpha value is -2.56. The number of ether oxygens (including phenoxy) is 1. The average molecular weight is 328 g/mol. The quantitative estimate of drug-likeness (QED) is 0.919. The lowest BCUT2D eigenvalue weighted by Gasteiger charge is -2.28. The summed E-state index contributed by atoms with van der Waals surface area (Å²) in [4.78, 5) is 14.6. The highest BCUT2D eigenvalue weighted by molar-refractivity contribution is 6.04. The molecule has 0 saturated carbocycles. The van der Waals surface area contributed by atoms with E-state index in [0.29, 0.717) is 5.69 Å². The highest BCUT2D eigenvalue weighted by Gasteiger charge is 2.12. The Bertz CT molecular complexity index is 710. The third-order valence-corrected chi connectivity index (χ3v) is 4.26. The van der Waals surface area contributed by atoms with Gasteiger partial charge in [0.25, 0.3) is 5.91 Å². The van der Waals surface area contributed by atoms with Gasteiger partial charge < -0.3 is 15.0 Å². The molecule has 5 heteroatoms. The number of halogens is 1. The monoisotopic (exact) mass is 328 g/mol. The van der Waals surface area contributed by atoms with E-state index in [0.717, 1.165) is 13.1 Å². The lowest BCUT2D eigenvalue weighted by Crippen LogP contribution is -2.29. The Morgan fingerprint density at radius 3 is 2.42 bits per heavy atom. The van der Waals surface area contributed by atoms with Crippen molar-refractivity contribution >= 4 is 17.3 Å². The van der Waals surface area contributed by atoms with Crippen LogP contribution >= 0.6 is 0 Å². The van der Waals surface area contributed by atoms with E-state index >= 15 is 0 Å². The topological polar surface area (TPSA) is 41.6 Å². The molecule has 0 spiro atoms. The van der Waals surface area contributed by atoms with E-state index in [1.807, 2.05) is 24.3 Å². The Balaban J connectivity index is 1.67. The number of hydrogen-bond acceptors (Lipinski definition) is 3. The molecule has 1 heterocycles. The number of nitrogens with zero attached hydrogens (tertiary/aromatic N) is 1. The van der Waals surface area contributed by atoms with Crippen molar-refractivity contribution in [2.45, 2.75) is 19.3 Å². The number of carbonyl (C=O) groups is 1. The SMILES string of the molecule is COc1ccc(C(=O)Nc2ccc(N3CCCCC3)cc2)cc1F. The van der Waals surface area contributed by atoms with E-state index in [9.17, 15) is 9.18 Å². The minimum atomic E-state index is -0.550. The first kappa shape index (κ1) is 16.3. The summed E-state index contributed by atoms with van der Waals surface area (Å²) in [6.07, 6.45) is 3.74. The molecule has 0 unspecified atom stereocenters. The van der Waals surface area contributed by atoms with Crippen molar-refractivity contribution in [3.05, 3.63) is 53.8 Å². The number of methoxy groups -OCH3 is 1. The summed E-state index contributed by atoms with van der Waals surface area (Å²) in [5.41, 5.74) is 2.12. The molecule has 1 aliphatic rings. The Kier molecular flexibility index (Phi) is 4.99. The molecule has 0 aliphatic carbocycles. The molecule has 0 aromatic heterocycles. The predicted octanol–water partition coefficient (Wildman–Crippen LogP) is 4.08. The zero-order valence-corrected chi connectivity index (χ0v) is 13.7. The van der Waals surface area contributed by atoms with Gasteiger partial charge in [0.05, 0.1) is 7.11 Å². The van der Waals surface area contributed by atoms with Crippen LogP contribution in [0.5, 0.6) is 5.75 Å². The number of anilines is 2. The van der Waals surface area contributed by atoms with Crippen molar-refractivity contribution in [3.8, 4) is 5.75 Å². The maximum Gasteiger partial charge on any atom is 0.255 e. The summed E-state index contributed by atoms with van der Waals surface area (Å²) < 4.78 is 18.6. The molecule has 1 N–H and O–H groups in total. The van der Waals surface area contributed by atoms with E-state index in [1.165, 1.54) is 44.2 Å². The molecule has 2 aromatic rings. The van der Waals surface area contributed by atoms with Crippen molar-refractivity contribution in [1.82, 2.24) is 0 Å². The molecule has 4 nitrogen and oxygen atoms in total. The zero-order valence-electron chi connectivity index (χ0n) is 13.7. The predicted molar refractivity (Wildman–Crippen MR) is 93.4 cm³/mol. The molecule has 0 radical (unpaired) electrons. The standard InChI is InChI=1S/C19H21FN2O2/c1-24-18-10-5-14(13-17(18)20)19(23)21-15-6-8-16(9-7-15)22-11-3-2-4-12-22/h5-10,13H,2-4,11-12H2,1H3,(H,21,23). The van der Waals surface area contributed by atoms with Gasteiger partial charge in [0.2, 0.25) is 0 Å². The summed E-state index contributed by atoms with van der Waals surface area (Å²) in [6.45, 7) is 2.16. The molecule has 3 rings (SSSR count). The van der Waals surface area contributed by atoms with Gasteiger partial charge in [-0.3, -0.25) is 4.79 Å².